The van der Waals surface area contributed by atoms with Gasteiger partial charge in [0.25, 0.3) is 0 Å². The number of aromatic amines is 1. The van der Waals surface area contributed by atoms with Gasteiger partial charge in [0, 0.05) is 29.6 Å². The van der Waals surface area contributed by atoms with Gasteiger partial charge in [-0.15, -0.1) is 11.3 Å². The molecule has 1 amide bonds. The van der Waals surface area contributed by atoms with Crippen molar-refractivity contribution in [1.82, 2.24) is 20.3 Å². The van der Waals surface area contributed by atoms with Gasteiger partial charge in [0.15, 0.2) is 0 Å². The second kappa shape index (κ2) is 6.98. The molecule has 0 aliphatic rings. The molecule has 2 heterocycles. The van der Waals surface area contributed by atoms with Crippen molar-refractivity contribution in [3.63, 3.8) is 0 Å². The van der Waals surface area contributed by atoms with Crippen LogP contribution in [-0.4, -0.2) is 38.0 Å². The fraction of sp³-hybridized carbons (Fsp3) is 0.385. The van der Waals surface area contributed by atoms with E-state index in [0.717, 1.165) is 10.6 Å². The number of carboxylic acid groups (broad SMARTS) is 1. The largest absolute Gasteiger partial charge is 0.480 e. The summed E-state index contributed by atoms with van der Waals surface area (Å²) >= 11 is 1.50. The first-order valence-electron chi connectivity index (χ1n) is 6.44. The fourth-order valence-electron chi connectivity index (χ4n) is 1.88. The molecule has 2 aromatic heterocycles. The molecule has 0 spiro atoms. The number of imidazole rings is 1. The zero-order valence-electron chi connectivity index (χ0n) is 11.5. The van der Waals surface area contributed by atoms with Crippen LogP contribution in [0, 0.1) is 6.92 Å². The summed E-state index contributed by atoms with van der Waals surface area (Å²) in [5.74, 6) is -1.35. The average molecular weight is 308 g/mol. The number of amides is 1. The number of rotatable bonds is 7. The zero-order valence-corrected chi connectivity index (χ0v) is 12.3. The molecule has 0 fully saturated rings. The average Bonchev–Trinajstić information content (AvgIpc) is 3.07. The Morgan fingerprint density at radius 2 is 2.33 bits per heavy atom. The molecule has 8 heteroatoms. The van der Waals surface area contributed by atoms with E-state index in [1.807, 2.05) is 6.92 Å². The number of aryl methyl sites for hydroxylation is 2. The number of aliphatic carboxylic acids is 1. The smallest absolute Gasteiger partial charge is 0.326 e. The minimum atomic E-state index is -1.06. The van der Waals surface area contributed by atoms with Gasteiger partial charge in [0.1, 0.15) is 6.04 Å². The molecule has 2 aromatic rings. The lowest BCUT2D eigenvalue weighted by atomic mass is 10.1. The van der Waals surface area contributed by atoms with Crippen LogP contribution in [-0.2, 0) is 22.4 Å². The molecule has 1 unspecified atom stereocenters. The summed E-state index contributed by atoms with van der Waals surface area (Å²) in [5.41, 5.74) is 3.32. The summed E-state index contributed by atoms with van der Waals surface area (Å²) in [6.07, 6.45) is 4.01. The molecular formula is C13H16N4O3S. The lowest BCUT2D eigenvalue weighted by molar-refractivity contribution is -0.141. The van der Waals surface area contributed by atoms with E-state index in [1.54, 1.807) is 11.7 Å². The van der Waals surface area contributed by atoms with Gasteiger partial charge in [-0.25, -0.2) is 14.8 Å². The van der Waals surface area contributed by atoms with Crippen LogP contribution in [0.4, 0.5) is 0 Å². The predicted molar refractivity (Wildman–Crippen MR) is 77.0 cm³/mol. The number of carbonyl (C=O) groups excluding carboxylic acids is 1. The lowest BCUT2D eigenvalue weighted by Gasteiger charge is -2.13. The highest BCUT2D eigenvalue weighted by atomic mass is 32.1. The highest BCUT2D eigenvalue weighted by Crippen LogP contribution is 2.14. The van der Waals surface area contributed by atoms with E-state index in [-0.39, 0.29) is 18.7 Å². The van der Waals surface area contributed by atoms with Gasteiger partial charge in [-0.3, -0.25) is 4.79 Å². The van der Waals surface area contributed by atoms with E-state index in [4.69, 9.17) is 5.11 Å². The first-order chi connectivity index (χ1) is 10.1. The Hall–Kier alpha value is -2.22. The highest BCUT2D eigenvalue weighted by molar-refractivity contribution is 7.09. The van der Waals surface area contributed by atoms with Gasteiger partial charge < -0.3 is 15.4 Å². The molecule has 21 heavy (non-hydrogen) atoms. The fourth-order valence-corrected chi connectivity index (χ4v) is 2.66. The van der Waals surface area contributed by atoms with Crippen LogP contribution in [0.2, 0.25) is 0 Å². The van der Waals surface area contributed by atoms with Gasteiger partial charge in [-0.1, -0.05) is 0 Å². The van der Waals surface area contributed by atoms with Crippen LogP contribution in [0.5, 0.6) is 0 Å². The maximum Gasteiger partial charge on any atom is 0.326 e. The van der Waals surface area contributed by atoms with Crippen LogP contribution in [0.15, 0.2) is 18.0 Å². The maximum atomic E-state index is 11.9. The normalized spacial score (nSPS) is 12.0. The number of hydrogen-bond donors (Lipinski definition) is 3. The molecule has 0 aliphatic carbocycles. The minimum Gasteiger partial charge on any atom is -0.480 e. The quantitative estimate of drug-likeness (QED) is 0.705. The van der Waals surface area contributed by atoms with Gasteiger partial charge in [-0.05, 0) is 13.3 Å². The Bertz CT molecular complexity index is 609. The number of nitrogens with zero attached hydrogens (tertiary/aromatic N) is 2. The van der Waals surface area contributed by atoms with Crippen molar-refractivity contribution in [2.45, 2.75) is 32.2 Å². The number of thiazole rings is 1. The third-order valence-electron chi connectivity index (χ3n) is 3.04. The summed E-state index contributed by atoms with van der Waals surface area (Å²) in [4.78, 5) is 34.9. The Labute approximate surface area is 125 Å². The molecular weight excluding hydrogens is 292 g/mol. The summed E-state index contributed by atoms with van der Waals surface area (Å²) in [7, 11) is 0. The molecule has 7 nitrogen and oxygen atoms in total. The molecule has 0 saturated carbocycles. The summed E-state index contributed by atoms with van der Waals surface area (Å²) < 4.78 is 0. The van der Waals surface area contributed by atoms with Gasteiger partial charge in [0.05, 0.1) is 17.5 Å². The first kappa shape index (κ1) is 15.2. The number of hydrogen-bond acceptors (Lipinski definition) is 5. The Morgan fingerprint density at radius 3 is 2.90 bits per heavy atom. The number of H-pyrrole nitrogens is 1. The van der Waals surface area contributed by atoms with Gasteiger partial charge >= 0.3 is 5.97 Å². The van der Waals surface area contributed by atoms with E-state index in [9.17, 15) is 9.59 Å². The van der Waals surface area contributed by atoms with Crippen molar-refractivity contribution < 1.29 is 14.7 Å². The third kappa shape index (κ3) is 4.38. The Balaban J connectivity index is 1.86. The van der Waals surface area contributed by atoms with Crippen LogP contribution < -0.4 is 5.32 Å². The molecule has 112 valence electrons. The summed E-state index contributed by atoms with van der Waals surface area (Å²) in [6.45, 7) is 1.89. The second-order valence-electron chi connectivity index (χ2n) is 4.60. The molecule has 0 bridgehead atoms. The zero-order chi connectivity index (χ0) is 15.2. The Kier molecular flexibility index (Phi) is 5.04. The SMILES string of the molecule is Cc1ncsc1CCC(=O)NC(Cc1cnc[nH]1)C(=O)O. The molecule has 0 aromatic carbocycles. The van der Waals surface area contributed by atoms with Crippen molar-refractivity contribution in [2.24, 2.45) is 0 Å². The second-order valence-corrected chi connectivity index (χ2v) is 5.54. The van der Waals surface area contributed by atoms with Crippen molar-refractivity contribution in [3.8, 4) is 0 Å². The number of carboxylic acids is 1. The molecule has 0 radical (unpaired) electrons. The highest BCUT2D eigenvalue weighted by Gasteiger charge is 2.21. The standard InChI is InChI=1S/C13H16N4O3S/c1-8-11(21-7-16-8)2-3-12(18)17-10(13(19)20)4-9-5-14-6-15-9/h5-7,10H,2-4H2,1H3,(H,14,15)(H,17,18)(H,19,20). The van der Waals surface area contributed by atoms with Gasteiger partial charge in [-0.2, -0.15) is 0 Å². The van der Waals surface area contributed by atoms with Crippen LogP contribution in [0.3, 0.4) is 0 Å². The molecule has 2 rings (SSSR count). The van der Waals surface area contributed by atoms with Crippen molar-refractivity contribution in [2.75, 3.05) is 0 Å². The molecule has 3 N–H and O–H groups in total. The number of carbonyl (C=O) groups is 2. The van der Waals surface area contributed by atoms with E-state index < -0.39 is 12.0 Å². The van der Waals surface area contributed by atoms with Crippen LogP contribution in [0.25, 0.3) is 0 Å². The van der Waals surface area contributed by atoms with Crippen molar-refractivity contribution >= 4 is 23.2 Å². The summed E-state index contributed by atoms with van der Waals surface area (Å²) in [5, 5.41) is 11.7. The maximum absolute atomic E-state index is 11.9. The minimum absolute atomic E-state index is 0.181. The molecule has 0 aliphatic heterocycles. The molecule has 0 saturated heterocycles. The van der Waals surface area contributed by atoms with Crippen LogP contribution >= 0.6 is 11.3 Å². The number of nitrogens with one attached hydrogen (secondary N) is 2. The predicted octanol–water partition coefficient (Wildman–Crippen LogP) is 0.919. The molecule has 1 atom stereocenters. The van der Waals surface area contributed by atoms with E-state index in [1.165, 1.54) is 17.7 Å². The van der Waals surface area contributed by atoms with Gasteiger partial charge in [0.2, 0.25) is 5.91 Å². The number of aromatic nitrogens is 3. The third-order valence-corrected chi connectivity index (χ3v) is 4.03. The Morgan fingerprint density at radius 1 is 1.52 bits per heavy atom. The topological polar surface area (TPSA) is 108 Å². The summed E-state index contributed by atoms with van der Waals surface area (Å²) in [6, 6.07) is -0.958. The van der Waals surface area contributed by atoms with E-state index >= 15 is 0 Å². The van der Waals surface area contributed by atoms with Crippen LogP contribution in [0.1, 0.15) is 22.7 Å². The van der Waals surface area contributed by atoms with E-state index in [0.29, 0.717) is 12.1 Å². The first-order valence-corrected chi connectivity index (χ1v) is 7.32. The van der Waals surface area contributed by atoms with E-state index in [2.05, 4.69) is 20.3 Å². The van der Waals surface area contributed by atoms with Crippen molar-refractivity contribution in [3.05, 3.63) is 34.3 Å². The lowest BCUT2D eigenvalue weighted by Crippen LogP contribution is -2.42. The monoisotopic (exact) mass is 308 g/mol. The van der Waals surface area contributed by atoms with Crippen molar-refractivity contribution in [1.29, 1.82) is 0 Å².